The summed E-state index contributed by atoms with van der Waals surface area (Å²) in [6, 6.07) is 7.56. The van der Waals surface area contributed by atoms with Crippen LogP contribution in [-0.2, 0) is 4.79 Å². The summed E-state index contributed by atoms with van der Waals surface area (Å²) in [4.78, 5) is 12.9. The molecule has 0 saturated heterocycles. The molecule has 0 aliphatic heterocycles. The van der Waals surface area contributed by atoms with Gasteiger partial charge in [0.05, 0.1) is 12.6 Å². The Morgan fingerprint density at radius 2 is 2.06 bits per heavy atom. The van der Waals surface area contributed by atoms with E-state index in [1.165, 1.54) is 0 Å². The van der Waals surface area contributed by atoms with Crippen molar-refractivity contribution in [3.8, 4) is 0 Å². The third-order valence-corrected chi connectivity index (χ3v) is 2.75. The van der Waals surface area contributed by atoms with Crippen LogP contribution in [0.4, 0.5) is 5.69 Å². The van der Waals surface area contributed by atoms with Crippen molar-refractivity contribution in [3.05, 3.63) is 29.8 Å². The van der Waals surface area contributed by atoms with Gasteiger partial charge in [-0.05, 0) is 19.4 Å². The third-order valence-electron chi connectivity index (χ3n) is 2.75. The minimum absolute atomic E-state index is 0.171. The molecule has 0 aliphatic rings. The fraction of sp³-hybridized carbons (Fsp3) is 0.462. The van der Waals surface area contributed by atoms with E-state index in [1.807, 2.05) is 43.0 Å². The summed E-state index contributed by atoms with van der Waals surface area (Å²) < 4.78 is 0. The van der Waals surface area contributed by atoms with Gasteiger partial charge in [0.1, 0.15) is 0 Å². The fourth-order valence-electron chi connectivity index (χ4n) is 1.83. The standard InChI is InChI=1S/C13H20N2O2/c1-3-12(16)10-7-5-6-8-11(10)15(4-2)9-13(14)17/h5-8,12,16H,3-4,9H2,1-2H3,(H2,14,17). The van der Waals surface area contributed by atoms with E-state index >= 15 is 0 Å². The van der Waals surface area contributed by atoms with Gasteiger partial charge in [-0.2, -0.15) is 0 Å². The number of carbonyl (C=O) groups is 1. The molecule has 4 heteroatoms. The van der Waals surface area contributed by atoms with Crippen LogP contribution in [0, 0.1) is 0 Å². The number of nitrogens with two attached hydrogens (primary N) is 1. The number of benzene rings is 1. The summed E-state index contributed by atoms with van der Waals surface area (Å²) in [6.45, 7) is 4.73. The molecule has 1 aromatic rings. The van der Waals surface area contributed by atoms with Crippen LogP contribution < -0.4 is 10.6 Å². The molecule has 0 aromatic heterocycles. The Balaban J connectivity index is 3.05. The number of primary amides is 1. The van der Waals surface area contributed by atoms with Gasteiger partial charge in [-0.1, -0.05) is 25.1 Å². The van der Waals surface area contributed by atoms with E-state index in [0.717, 1.165) is 11.3 Å². The average Bonchev–Trinajstić information content (AvgIpc) is 2.34. The molecule has 0 fully saturated rings. The number of para-hydroxylation sites is 1. The van der Waals surface area contributed by atoms with E-state index < -0.39 is 6.10 Å². The summed E-state index contributed by atoms with van der Waals surface area (Å²) in [7, 11) is 0. The SMILES string of the molecule is CCC(O)c1ccccc1N(CC)CC(N)=O. The first-order valence-electron chi connectivity index (χ1n) is 5.90. The first-order chi connectivity index (χ1) is 8.10. The summed E-state index contributed by atoms with van der Waals surface area (Å²) in [5.74, 6) is -0.368. The van der Waals surface area contributed by atoms with E-state index in [2.05, 4.69) is 0 Å². The predicted molar refractivity (Wildman–Crippen MR) is 68.8 cm³/mol. The van der Waals surface area contributed by atoms with Crippen LogP contribution in [0.2, 0.25) is 0 Å². The molecular formula is C13H20N2O2. The number of nitrogens with zero attached hydrogens (tertiary/aromatic N) is 1. The van der Waals surface area contributed by atoms with E-state index in [-0.39, 0.29) is 12.5 Å². The summed E-state index contributed by atoms with van der Waals surface area (Å²) in [5, 5.41) is 9.95. The van der Waals surface area contributed by atoms with E-state index in [4.69, 9.17) is 5.73 Å². The van der Waals surface area contributed by atoms with Gasteiger partial charge in [-0.15, -0.1) is 0 Å². The molecule has 1 aromatic carbocycles. The van der Waals surface area contributed by atoms with Crippen molar-refractivity contribution < 1.29 is 9.90 Å². The highest BCUT2D eigenvalue weighted by atomic mass is 16.3. The Kier molecular flexibility index (Phi) is 4.97. The molecule has 94 valence electrons. The highest BCUT2D eigenvalue weighted by molar-refractivity contribution is 5.80. The minimum atomic E-state index is -0.506. The van der Waals surface area contributed by atoms with Crippen LogP contribution in [-0.4, -0.2) is 24.1 Å². The number of hydrogen-bond donors (Lipinski definition) is 2. The number of likely N-dealkylation sites (N-methyl/N-ethyl adjacent to an activating group) is 1. The number of amides is 1. The summed E-state index contributed by atoms with van der Waals surface area (Å²) in [6.07, 6.45) is 0.138. The number of rotatable bonds is 6. The lowest BCUT2D eigenvalue weighted by Crippen LogP contribution is -2.34. The Bertz CT molecular complexity index is 379. The lowest BCUT2D eigenvalue weighted by molar-refractivity contribution is -0.116. The second-order valence-electron chi connectivity index (χ2n) is 3.96. The molecule has 0 aliphatic carbocycles. The quantitative estimate of drug-likeness (QED) is 0.785. The molecule has 1 amide bonds. The Labute approximate surface area is 102 Å². The van der Waals surface area contributed by atoms with Crippen molar-refractivity contribution in [1.29, 1.82) is 0 Å². The maximum atomic E-state index is 11.0. The topological polar surface area (TPSA) is 66.6 Å². The van der Waals surface area contributed by atoms with E-state index in [1.54, 1.807) is 0 Å². The molecule has 1 rings (SSSR count). The molecule has 1 unspecified atom stereocenters. The lowest BCUT2D eigenvalue weighted by atomic mass is 10.0. The molecule has 1 atom stereocenters. The Hall–Kier alpha value is -1.55. The fourth-order valence-corrected chi connectivity index (χ4v) is 1.83. The first-order valence-corrected chi connectivity index (χ1v) is 5.90. The summed E-state index contributed by atoms with van der Waals surface area (Å²) in [5.41, 5.74) is 6.95. The van der Waals surface area contributed by atoms with Gasteiger partial charge in [-0.25, -0.2) is 0 Å². The third kappa shape index (κ3) is 3.46. The zero-order valence-corrected chi connectivity index (χ0v) is 10.4. The second kappa shape index (κ2) is 6.25. The van der Waals surface area contributed by atoms with Gasteiger partial charge in [0.25, 0.3) is 0 Å². The van der Waals surface area contributed by atoms with Crippen molar-refractivity contribution in [2.45, 2.75) is 26.4 Å². The molecule has 0 radical (unpaired) electrons. The van der Waals surface area contributed by atoms with E-state index in [9.17, 15) is 9.90 Å². The number of carbonyl (C=O) groups excluding carboxylic acids is 1. The average molecular weight is 236 g/mol. The van der Waals surface area contributed by atoms with Crippen LogP contribution in [0.1, 0.15) is 31.9 Å². The van der Waals surface area contributed by atoms with Crippen molar-refractivity contribution >= 4 is 11.6 Å². The van der Waals surface area contributed by atoms with Crippen LogP contribution in [0.5, 0.6) is 0 Å². The maximum absolute atomic E-state index is 11.0. The molecule has 0 spiro atoms. The van der Waals surface area contributed by atoms with Crippen molar-refractivity contribution in [2.75, 3.05) is 18.0 Å². The van der Waals surface area contributed by atoms with Crippen LogP contribution in [0.25, 0.3) is 0 Å². The predicted octanol–water partition coefficient (Wildman–Crippen LogP) is 1.44. The van der Waals surface area contributed by atoms with Gasteiger partial charge in [-0.3, -0.25) is 4.79 Å². The Morgan fingerprint density at radius 1 is 1.41 bits per heavy atom. The molecule has 0 bridgehead atoms. The monoisotopic (exact) mass is 236 g/mol. The van der Waals surface area contributed by atoms with Crippen LogP contribution >= 0.6 is 0 Å². The molecule has 17 heavy (non-hydrogen) atoms. The number of anilines is 1. The molecule has 4 nitrogen and oxygen atoms in total. The molecule has 0 saturated carbocycles. The van der Waals surface area contributed by atoms with Crippen molar-refractivity contribution in [1.82, 2.24) is 0 Å². The van der Waals surface area contributed by atoms with Gasteiger partial charge in [0, 0.05) is 17.8 Å². The van der Waals surface area contributed by atoms with Gasteiger partial charge < -0.3 is 15.7 Å². The second-order valence-corrected chi connectivity index (χ2v) is 3.96. The Morgan fingerprint density at radius 3 is 2.59 bits per heavy atom. The summed E-state index contributed by atoms with van der Waals surface area (Å²) >= 11 is 0. The molecule has 0 heterocycles. The molecule has 3 N–H and O–H groups in total. The largest absolute Gasteiger partial charge is 0.388 e. The molecular weight excluding hydrogens is 216 g/mol. The van der Waals surface area contributed by atoms with Crippen LogP contribution in [0.3, 0.4) is 0 Å². The maximum Gasteiger partial charge on any atom is 0.236 e. The van der Waals surface area contributed by atoms with Gasteiger partial charge in [0.2, 0.25) is 5.91 Å². The van der Waals surface area contributed by atoms with Crippen molar-refractivity contribution in [2.24, 2.45) is 5.73 Å². The zero-order chi connectivity index (χ0) is 12.8. The highest BCUT2D eigenvalue weighted by Gasteiger charge is 2.15. The van der Waals surface area contributed by atoms with Gasteiger partial charge in [0.15, 0.2) is 0 Å². The minimum Gasteiger partial charge on any atom is -0.388 e. The lowest BCUT2D eigenvalue weighted by Gasteiger charge is -2.25. The zero-order valence-electron chi connectivity index (χ0n) is 10.4. The van der Waals surface area contributed by atoms with Crippen molar-refractivity contribution in [3.63, 3.8) is 0 Å². The normalized spacial score (nSPS) is 12.2. The number of hydrogen-bond acceptors (Lipinski definition) is 3. The smallest absolute Gasteiger partial charge is 0.236 e. The number of aliphatic hydroxyl groups excluding tert-OH is 1. The number of aliphatic hydroxyl groups is 1. The highest BCUT2D eigenvalue weighted by Crippen LogP contribution is 2.27. The van der Waals surface area contributed by atoms with E-state index in [0.29, 0.717) is 13.0 Å². The van der Waals surface area contributed by atoms with Crippen LogP contribution in [0.15, 0.2) is 24.3 Å². The first kappa shape index (κ1) is 13.5. The van der Waals surface area contributed by atoms with Gasteiger partial charge >= 0.3 is 0 Å².